The van der Waals surface area contributed by atoms with Crippen molar-refractivity contribution in [3.05, 3.63) is 35.4 Å². The van der Waals surface area contributed by atoms with Gasteiger partial charge in [0.1, 0.15) is 11.6 Å². The number of nitrogens with one attached hydrogen (secondary N) is 1. The Bertz CT molecular complexity index is 409. The molecule has 1 nitrogen and oxygen atoms in total. The van der Waals surface area contributed by atoms with Gasteiger partial charge in [-0.1, -0.05) is 0 Å². The molecule has 1 saturated heterocycles. The quantitative estimate of drug-likeness (QED) is 0.765. The van der Waals surface area contributed by atoms with Crippen molar-refractivity contribution in [3.8, 4) is 0 Å². The van der Waals surface area contributed by atoms with Gasteiger partial charge in [0.2, 0.25) is 0 Å². The highest BCUT2D eigenvalue weighted by atomic mass is 19.4. The molecule has 0 radical (unpaired) electrons. The number of hydrogen-bond acceptors (Lipinski definition) is 1. The van der Waals surface area contributed by atoms with E-state index < -0.39 is 29.8 Å². The molecule has 1 aromatic carbocycles. The van der Waals surface area contributed by atoms with Gasteiger partial charge in [0, 0.05) is 12.1 Å². The van der Waals surface area contributed by atoms with E-state index in [0.29, 0.717) is 19.0 Å². The van der Waals surface area contributed by atoms with E-state index in [1.165, 1.54) is 0 Å². The Morgan fingerprint density at radius 1 is 1.06 bits per heavy atom. The van der Waals surface area contributed by atoms with Gasteiger partial charge in [-0.05, 0) is 37.1 Å². The molecule has 0 bridgehead atoms. The lowest BCUT2D eigenvalue weighted by molar-refractivity contribution is -0.189. The maximum atomic E-state index is 13.1. The summed E-state index contributed by atoms with van der Waals surface area (Å²) >= 11 is 0. The molecule has 0 saturated carbocycles. The van der Waals surface area contributed by atoms with Gasteiger partial charge in [0.05, 0.1) is 5.92 Å². The summed E-state index contributed by atoms with van der Waals surface area (Å²) < 4.78 is 64.7. The fourth-order valence-electron chi connectivity index (χ4n) is 2.35. The zero-order valence-corrected chi connectivity index (χ0v) is 9.40. The first-order valence-corrected chi connectivity index (χ1v) is 5.64. The van der Waals surface area contributed by atoms with E-state index in [-0.39, 0.29) is 12.0 Å². The molecule has 0 aliphatic carbocycles. The Morgan fingerprint density at radius 2 is 1.67 bits per heavy atom. The van der Waals surface area contributed by atoms with Crippen LogP contribution in [0.2, 0.25) is 0 Å². The Kier molecular flexibility index (Phi) is 3.56. The first-order valence-electron chi connectivity index (χ1n) is 5.64. The average molecular weight is 265 g/mol. The second kappa shape index (κ2) is 4.84. The van der Waals surface area contributed by atoms with Crippen LogP contribution in [-0.4, -0.2) is 12.7 Å². The maximum absolute atomic E-state index is 13.1. The predicted molar refractivity (Wildman–Crippen MR) is 55.9 cm³/mol. The van der Waals surface area contributed by atoms with Gasteiger partial charge in [0.15, 0.2) is 0 Å². The van der Waals surface area contributed by atoms with Gasteiger partial charge in [0.25, 0.3) is 0 Å². The third-order valence-corrected chi connectivity index (χ3v) is 3.12. The van der Waals surface area contributed by atoms with E-state index >= 15 is 0 Å². The van der Waals surface area contributed by atoms with Gasteiger partial charge in [-0.15, -0.1) is 0 Å². The SMILES string of the molecule is Fc1cc(F)cc(C2NCCCC2C(F)(F)F)c1. The summed E-state index contributed by atoms with van der Waals surface area (Å²) in [6.07, 6.45) is -4.00. The van der Waals surface area contributed by atoms with Crippen molar-refractivity contribution >= 4 is 0 Å². The number of halogens is 5. The molecule has 1 aromatic rings. The van der Waals surface area contributed by atoms with Crippen molar-refractivity contribution in [2.75, 3.05) is 6.54 Å². The summed E-state index contributed by atoms with van der Waals surface area (Å²) in [6, 6.07) is 1.47. The van der Waals surface area contributed by atoms with Crippen molar-refractivity contribution in [2.45, 2.75) is 25.1 Å². The molecule has 0 aromatic heterocycles. The Morgan fingerprint density at radius 3 is 2.22 bits per heavy atom. The van der Waals surface area contributed by atoms with Crippen molar-refractivity contribution < 1.29 is 22.0 Å². The van der Waals surface area contributed by atoms with E-state index in [2.05, 4.69) is 5.32 Å². The molecule has 2 rings (SSSR count). The van der Waals surface area contributed by atoms with Crippen molar-refractivity contribution in [3.63, 3.8) is 0 Å². The highest BCUT2D eigenvalue weighted by Gasteiger charge is 2.46. The molecular formula is C12H12F5N. The van der Waals surface area contributed by atoms with Crippen molar-refractivity contribution in [1.82, 2.24) is 5.32 Å². The van der Waals surface area contributed by atoms with Crippen LogP contribution in [0.3, 0.4) is 0 Å². The normalized spacial score (nSPS) is 25.2. The molecule has 18 heavy (non-hydrogen) atoms. The molecule has 1 aliphatic heterocycles. The van der Waals surface area contributed by atoms with Gasteiger partial charge in [-0.2, -0.15) is 13.2 Å². The van der Waals surface area contributed by atoms with Gasteiger partial charge in [-0.3, -0.25) is 0 Å². The lowest BCUT2D eigenvalue weighted by atomic mass is 9.85. The fraction of sp³-hybridized carbons (Fsp3) is 0.500. The van der Waals surface area contributed by atoms with Crippen LogP contribution in [0.1, 0.15) is 24.4 Å². The van der Waals surface area contributed by atoms with E-state index in [4.69, 9.17) is 0 Å². The van der Waals surface area contributed by atoms with Crippen molar-refractivity contribution in [2.24, 2.45) is 5.92 Å². The highest BCUT2D eigenvalue weighted by molar-refractivity contribution is 5.23. The molecular weight excluding hydrogens is 253 g/mol. The minimum Gasteiger partial charge on any atom is -0.309 e. The van der Waals surface area contributed by atoms with Crippen LogP contribution in [0.5, 0.6) is 0 Å². The number of hydrogen-bond donors (Lipinski definition) is 1. The zero-order valence-electron chi connectivity index (χ0n) is 9.40. The lowest BCUT2D eigenvalue weighted by Gasteiger charge is -2.34. The van der Waals surface area contributed by atoms with Crippen LogP contribution >= 0.6 is 0 Å². The van der Waals surface area contributed by atoms with Crippen LogP contribution in [0.4, 0.5) is 22.0 Å². The van der Waals surface area contributed by atoms with Crippen LogP contribution in [0.25, 0.3) is 0 Å². The Balaban J connectivity index is 2.33. The van der Waals surface area contributed by atoms with E-state index in [9.17, 15) is 22.0 Å². The molecule has 1 N–H and O–H groups in total. The topological polar surface area (TPSA) is 12.0 Å². The van der Waals surface area contributed by atoms with Gasteiger partial charge >= 0.3 is 6.18 Å². The average Bonchev–Trinajstić information content (AvgIpc) is 2.26. The molecule has 0 amide bonds. The third-order valence-electron chi connectivity index (χ3n) is 3.12. The maximum Gasteiger partial charge on any atom is 0.393 e. The molecule has 1 aliphatic rings. The number of alkyl halides is 3. The summed E-state index contributed by atoms with van der Waals surface area (Å²) in [5.41, 5.74) is 0.00882. The summed E-state index contributed by atoms with van der Waals surface area (Å²) in [5.74, 6) is -3.33. The van der Waals surface area contributed by atoms with Crippen LogP contribution in [0.15, 0.2) is 18.2 Å². The summed E-state index contributed by atoms with van der Waals surface area (Å²) in [6.45, 7) is 0.412. The molecule has 1 heterocycles. The second-order valence-corrected chi connectivity index (χ2v) is 4.42. The number of benzene rings is 1. The minimum absolute atomic E-state index is 0.00882. The smallest absolute Gasteiger partial charge is 0.309 e. The second-order valence-electron chi connectivity index (χ2n) is 4.42. The minimum atomic E-state index is -4.37. The Hall–Kier alpha value is -1.17. The number of piperidine rings is 1. The van der Waals surface area contributed by atoms with E-state index in [1.54, 1.807) is 0 Å². The van der Waals surface area contributed by atoms with E-state index in [1.807, 2.05) is 0 Å². The monoisotopic (exact) mass is 265 g/mol. The largest absolute Gasteiger partial charge is 0.393 e. The molecule has 2 atom stereocenters. The molecule has 100 valence electrons. The zero-order chi connectivity index (χ0) is 13.3. The number of rotatable bonds is 1. The summed E-state index contributed by atoms with van der Waals surface area (Å²) in [4.78, 5) is 0. The predicted octanol–water partition coefficient (Wildman–Crippen LogP) is 3.57. The van der Waals surface area contributed by atoms with Gasteiger partial charge in [-0.25, -0.2) is 8.78 Å². The lowest BCUT2D eigenvalue weighted by Crippen LogP contribution is -2.41. The van der Waals surface area contributed by atoms with Crippen LogP contribution in [-0.2, 0) is 0 Å². The van der Waals surface area contributed by atoms with Crippen LogP contribution < -0.4 is 5.32 Å². The summed E-state index contributed by atoms with van der Waals surface area (Å²) in [5, 5.41) is 2.69. The first kappa shape index (κ1) is 13.3. The van der Waals surface area contributed by atoms with Crippen LogP contribution in [0, 0.1) is 17.6 Å². The highest BCUT2D eigenvalue weighted by Crippen LogP contribution is 2.41. The molecule has 0 spiro atoms. The molecule has 1 fully saturated rings. The fourth-order valence-corrected chi connectivity index (χ4v) is 2.35. The van der Waals surface area contributed by atoms with Crippen molar-refractivity contribution in [1.29, 1.82) is 0 Å². The first-order chi connectivity index (χ1) is 8.38. The van der Waals surface area contributed by atoms with Gasteiger partial charge < -0.3 is 5.32 Å². The molecule has 6 heteroatoms. The van der Waals surface area contributed by atoms with E-state index in [0.717, 1.165) is 12.1 Å². The standard InChI is InChI=1S/C12H12F5N/c13-8-4-7(5-9(14)6-8)11-10(12(15,16)17)2-1-3-18-11/h4-6,10-11,18H,1-3H2. The molecule has 2 unspecified atom stereocenters. The third kappa shape index (κ3) is 2.80. The summed E-state index contributed by atoms with van der Waals surface area (Å²) in [7, 11) is 0. The Labute approximate surface area is 101 Å².